The molecular formula is C17H26F2IN3O2. The monoisotopic (exact) mass is 469 g/mol. The van der Waals surface area contributed by atoms with Crippen LogP contribution in [0.1, 0.15) is 12.8 Å². The lowest BCUT2D eigenvalue weighted by molar-refractivity contribution is 0.115. The van der Waals surface area contributed by atoms with E-state index in [2.05, 4.69) is 10.3 Å². The van der Waals surface area contributed by atoms with Gasteiger partial charge in [-0.1, -0.05) is 0 Å². The smallest absolute Gasteiger partial charge is 0.193 e. The summed E-state index contributed by atoms with van der Waals surface area (Å²) in [4.78, 5) is 6.15. The second-order valence-corrected chi connectivity index (χ2v) is 5.84. The van der Waals surface area contributed by atoms with E-state index in [1.165, 1.54) is 25.0 Å². The highest BCUT2D eigenvalue weighted by molar-refractivity contribution is 14.0. The summed E-state index contributed by atoms with van der Waals surface area (Å²) >= 11 is 0. The molecule has 8 heteroatoms. The normalized spacial score (nSPS) is 14.0. The summed E-state index contributed by atoms with van der Waals surface area (Å²) in [6, 6.07) is 3.25. The summed E-state index contributed by atoms with van der Waals surface area (Å²) in [5, 5.41) is 3.13. The van der Waals surface area contributed by atoms with Crippen molar-refractivity contribution in [3.05, 3.63) is 29.8 Å². The van der Waals surface area contributed by atoms with Crippen molar-refractivity contribution < 1.29 is 18.3 Å². The molecule has 1 aliphatic carbocycles. The molecule has 0 aromatic heterocycles. The molecule has 0 aliphatic heterocycles. The standard InChI is InChI=1S/C17H25F2N3O2.HI/c1-20-17(22(2)8-10-23-12-13-3-4-13)21-7-9-24-16-6-5-14(18)11-15(16)19;/h5-6,11,13H,3-4,7-10,12H2,1-2H3,(H,20,21);1H. The highest BCUT2D eigenvalue weighted by Gasteiger charge is 2.21. The topological polar surface area (TPSA) is 46.1 Å². The Hall–Kier alpha value is -1.16. The van der Waals surface area contributed by atoms with Crippen LogP contribution in [0, 0.1) is 17.6 Å². The molecule has 1 saturated carbocycles. The lowest BCUT2D eigenvalue weighted by atomic mass is 10.3. The van der Waals surface area contributed by atoms with Gasteiger partial charge in [0.05, 0.1) is 13.2 Å². The maximum absolute atomic E-state index is 13.4. The number of aliphatic imine (C=N–C) groups is 1. The predicted octanol–water partition coefficient (Wildman–Crippen LogP) is 2.90. The van der Waals surface area contributed by atoms with Gasteiger partial charge in [-0.15, -0.1) is 24.0 Å². The second-order valence-electron chi connectivity index (χ2n) is 5.84. The molecule has 0 saturated heterocycles. The van der Waals surface area contributed by atoms with Crippen LogP contribution in [-0.2, 0) is 4.74 Å². The number of guanidine groups is 1. The number of ether oxygens (including phenoxy) is 2. The number of likely N-dealkylation sites (N-methyl/N-ethyl adjacent to an activating group) is 1. The van der Waals surface area contributed by atoms with Crippen LogP contribution in [0.3, 0.4) is 0 Å². The first-order chi connectivity index (χ1) is 11.6. The molecular weight excluding hydrogens is 443 g/mol. The van der Waals surface area contributed by atoms with Crippen LogP contribution < -0.4 is 10.1 Å². The van der Waals surface area contributed by atoms with Gasteiger partial charge in [0.25, 0.3) is 0 Å². The molecule has 25 heavy (non-hydrogen) atoms. The minimum atomic E-state index is -0.704. The fraction of sp³-hybridized carbons (Fsp3) is 0.588. The van der Waals surface area contributed by atoms with Crippen molar-refractivity contribution in [1.29, 1.82) is 0 Å². The molecule has 0 unspecified atom stereocenters. The largest absolute Gasteiger partial charge is 0.489 e. The Morgan fingerprint density at radius 2 is 2.08 bits per heavy atom. The molecule has 0 atom stereocenters. The van der Waals surface area contributed by atoms with E-state index in [0.29, 0.717) is 19.1 Å². The van der Waals surface area contributed by atoms with Gasteiger partial charge in [-0.3, -0.25) is 4.99 Å². The van der Waals surface area contributed by atoms with E-state index in [1.54, 1.807) is 7.05 Å². The predicted molar refractivity (Wildman–Crippen MR) is 105 cm³/mol. The van der Waals surface area contributed by atoms with Crippen LogP contribution in [0.15, 0.2) is 23.2 Å². The zero-order valence-electron chi connectivity index (χ0n) is 14.6. The van der Waals surface area contributed by atoms with E-state index in [0.717, 1.165) is 25.1 Å². The molecule has 2 rings (SSSR count). The summed E-state index contributed by atoms with van der Waals surface area (Å²) in [6.45, 7) is 2.94. The highest BCUT2D eigenvalue weighted by Crippen LogP contribution is 2.28. The second kappa shape index (κ2) is 11.5. The number of hydrogen-bond acceptors (Lipinski definition) is 3. The molecule has 0 radical (unpaired) electrons. The van der Waals surface area contributed by atoms with Gasteiger partial charge in [0.2, 0.25) is 0 Å². The molecule has 1 aliphatic rings. The Morgan fingerprint density at radius 1 is 1.32 bits per heavy atom. The van der Waals surface area contributed by atoms with E-state index < -0.39 is 11.6 Å². The Bertz CT molecular complexity index is 557. The van der Waals surface area contributed by atoms with E-state index >= 15 is 0 Å². The van der Waals surface area contributed by atoms with Crippen molar-refractivity contribution in [1.82, 2.24) is 10.2 Å². The van der Waals surface area contributed by atoms with Crippen LogP contribution in [0.4, 0.5) is 8.78 Å². The van der Waals surface area contributed by atoms with Crippen molar-refractivity contribution in [3.63, 3.8) is 0 Å². The minimum absolute atomic E-state index is 0. The number of nitrogens with one attached hydrogen (secondary N) is 1. The zero-order chi connectivity index (χ0) is 17.4. The average molecular weight is 469 g/mol. The zero-order valence-corrected chi connectivity index (χ0v) is 17.0. The van der Waals surface area contributed by atoms with Crippen LogP contribution in [0.25, 0.3) is 0 Å². The van der Waals surface area contributed by atoms with E-state index in [4.69, 9.17) is 9.47 Å². The third-order valence-corrected chi connectivity index (χ3v) is 3.73. The molecule has 0 spiro atoms. The Kier molecular flexibility index (Phi) is 10.0. The summed E-state index contributed by atoms with van der Waals surface area (Å²) in [5.74, 6) is 0.188. The Morgan fingerprint density at radius 3 is 2.72 bits per heavy atom. The van der Waals surface area contributed by atoms with Gasteiger partial charge in [-0.25, -0.2) is 8.78 Å². The molecule has 1 N–H and O–H groups in total. The number of nitrogens with zero attached hydrogens (tertiary/aromatic N) is 2. The summed E-state index contributed by atoms with van der Waals surface area (Å²) in [6.07, 6.45) is 2.57. The SMILES string of the molecule is CN=C(NCCOc1ccc(F)cc1F)N(C)CCOCC1CC1.I. The third kappa shape index (κ3) is 8.17. The quantitative estimate of drug-likeness (QED) is 0.262. The molecule has 0 amide bonds. The number of rotatable bonds is 9. The van der Waals surface area contributed by atoms with E-state index in [1.807, 2.05) is 11.9 Å². The summed E-state index contributed by atoms with van der Waals surface area (Å²) < 4.78 is 37.1. The van der Waals surface area contributed by atoms with Crippen LogP contribution in [0.5, 0.6) is 5.75 Å². The van der Waals surface area contributed by atoms with Crippen LogP contribution in [0.2, 0.25) is 0 Å². The number of halogens is 3. The van der Waals surface area contributed by atoms with Gasteiger partial charge in [0.15, 0.2) is 17.5 Å². The van der Waals surface area contributed by atoms with Crippen molar-refractivity contribution in [2.45, 2.75) is 12.8 Å². The fourth-order valence-corrected chi connectivity index (χ4v) is 2.14. The van der Waals surface area contributed by atoms with Gasteiger partial charge in [-0.05, 0) is 30.9 Å². The Balaban J connectivity index is 0.00000312. The molecule has 1 aromatic rings. The van der Waals surface area contributed by atoms with Crippen LogP contribution >= 0.6 is 24.0 Å². The molecule has 1 fully saturated rings. The lowest BCUT2D eigenvalue weighted by Crippen LogP contribution is -2.42. The molecule has 5 nitrogen and oxygen atoms in total. The van der Waals surface area contributed by atoms with Crippen molar-refractivity contribution in [2.24, 2.45) is 10.9 Å². The van der Waals surface area contributed by atoms with Crippen molar-refractivity contribution >= 4 is 29.9 Å². The Labute approximate surface area is 164 Å². The molecule has 0 bridgehead atoms. The molecule has 0 heterocycles. The lowest BCUT2D eigenvalue weighted by Gasteiger charge is -2.22. The third-order valence-electron chi connectivity index (χ3n) is 3.73. The van der Waals surface area contributed by atoms with E-state index in [-0.39, 0.29) is 36.3 Å². The summed E-state index contributed by atoms with van der Waals surface area (Å²) in [5.41, 5.74) is 0. The summed E-state index contributed by atoms with van der Waals surface area (Å²) in [7, 11) is 3.63. The van der Waals surface area contributed by atoms with E-state index in [9.17, 15) is 8.78 Å². The first-order valence-electron chi connectivity index (χ1n) is 8.17. The molecule has 142 valence electrons. The first-order valence-corrected chi connectivity index (χ1v) is 8.17. The average Bonchev–Trinajstić information content (AvgIpc) is 3.37. The minimum Gasteiger partial charge on any atom is -0.489 e. The van der Waals surface area contributed by atoms with Gasteiger partial charge >= 0.3 is 0 Å². The number of hydrogen-bond donors (Lipinski definition) is 1. The maximum atomic E-state index is 13.4. The van der Waals surface area contributed by atoms with Gasteiger partial charge < -0.3 is 19.7 Å². The van der Waals surface area contributed by atoms with Gasteiger partial charge in [0, 0.05) is 33.3 Å². The first kappa shape index (κ1) is 21.9. The molecule has 1 aromatic carbocycles. The van der Waals surface area contributed by atoms with Gasteiger partial charge in [-0.2, -0.15) is 0 Å². The van der Waals surface area contributed by atoms with Crippen molar-refractivity contribution in [3.8, 4) is 5.75 Å². The van der Waals surface area contributed by atoms with Crippen molar-refractivity contribution in [2.75, 3.05) is 47.0 Å². The van der Waals surface area contributed by atoms with Crippen LogP contribution in [-0.4, -0.2) is 57.9 Å². The highest BCUT2D eigenvalue weighted by atomic mass is 127. The fourth-order valence-electron chi connectivity index (χ4n) is 2.14. The van der Waals surface area contributed by atoms with Gasteiger partial charge in [0.1, 0.15) is 12.4 Å². The number of benzene rings is 1. The maximum Gasteiger partial charge on any atom is 0.193 e.